The molecule has 1 aromatic heterocycles. The van der Waals surface area contributed by atoms with E-state index < -0.39 is 23.9 Å². The number of nitrogens with two attached hydrogens (primary N) is 1. The summed E-state index contributed by atoms with van der Waals surface area (Å²) in [5.74, 6) is -1.08. The fraction of sp³-hybridized carbons (Fsp3) is 0.348. The van der Waals surface area contributed by atoms with Crippen molar-refractivity contribution in [3.05, 3.63) is 53.3 Å². The molecule has 0 saturated carbocycles. The zero-order valence-electron chi connectivity index (χ0n) is 18.5. The van der Waals surface area contributed by atoms with Crippen LogP contribution >= 0.6 is 0 Å². The quantitative estimate of drug-likeness (QED) is 0.382. The van der Waals surface area contributed by atoms with E-state index in [2.05, 4.69) is 10.3 Å². The van der Waals surface area contributed by atoms with Gasteiger partial charge in [0.2, 0.25) is 6.10 Å². The minimum Gasteiger partial charge on any atom is -0.482 e. The molecule has 1 aromatic carbocycles. The Hall–Kier alpha value is -4.13. The van der Waals surface area contributed by atoms with Gasteiger partial charge in [0, 0.05) is 13.5 Å². The summed E-state index contributed by atoms with van der Waals surface area (Å²) in [6, 6.07) is 10.5. The number of amides is 1. The van der Waals surface area contributed by atoms with Gasteiger partial charge < -0.3 is 25.3 Å². The number of aryl methyl sites for hydroxylation is 1. The Labute approximate surface area is 191 Å². The molecule has 0 aliphatic rings. The van der Waals surface area contributed by atoms with Crippen molar-refractivity contribution in [1.82, 2.24) is 10.3 Å². The number of anilines is 1. The maximum atomic E-state index is 12.6. The molecule has 0 bridgehead atoms. The summed E-state index contributed by atoms with van der Waals surface area (Å²) in [6.45, 7) is 3.39. The molecule has 33 heavy (non-hydrogen) atoms. The number of nitrogen functional groups attached to an aromatic ring is 1. The highest BCUT2D eigenvalue weighted by Crippen LogP contribution is 2.20. The van der Waals surface area contributed by atoms with Gasteiger partial charge in [0.15, 0.2) is 6.61 Å². The van der Waals surface area contributed by atoms with E-state index in [0.717, 1.165) is 5.56 Å². The standard InChI is InChI=1S/C23H26N4O6/c1-3-31-21(29)14-32-18-8-6-16(7-9-18)5-4-10-26-23(30)22(33-15(2)28)20-11-17(12-24)19(25)13-27-20/h6-9,11,13,22H,3-5,10,14,25H2,1-2H3,(H,26,30). The van der Waals surface area contributed by atoms with Crippen LogP contribution in [0.15, 0.2) is 36.5 Å². The smallest absolute Gasteiger partial charge is 0.344 e. The van der Waals surface area contributed by atoms with Crippen LogP contribution in [0.3, 0.4) is 0 Å². The van der Waals surface area contributed by atoms with Crippen molar-refractivity contribution in [2.75, 3.05) is 25.5 Å². The topological polar surface area (TPSA) is 154 Å². The number of nitriles is 1. The minimum atomic E-state index is -1.29. The molecule has 0 aliphatic carbocycles. The number of ether oxygens (including phenoxy) is 3. The number of nitrogens with zero attached hydrogens (tertiary/aromatic N) is 2. The molecule has 2 aromatic rings. The van der Waals surface area contributed by atoms with E-state index in [9.17, 15) is 14.4 Å². The first kappa shape index (κ1) is 25.1. The summed E-state index contributed by atoms with van der Waals surface area (Å²) in [6.07, 6.45) is 1.26. The molecule has 0 radical (unpaired) electrons. The first-order valence-electron chi connectivity index (χ1n) is 10.3. The van der Waals surface area contributed by atoms with E-state index in [1.165, 1.54) is 19.2 Å². The summed E-state index contributed by atoms with van der Waals surface area (Å²) < 4.78 is 15.3. The first-order chi connectivity index (χ1) is 15.8. The number of carbonyl (C=O) groups is 3. The third-order valence-electron chi connectivity index (χ3n) is 4.39. The van der Waals surface area contributed by atoms with E-state index in [-0.39, 0.29) is 23.6 Å². The number of aromatic nitrogens is 1. The van der Waals surface area contributed by atoms with Crippen molar-refractivity contribution < 1.29 is 28.6 Å². The van der Waals surface area contributed by atoms with Gasteiger partial charge in [0.1, 0.15) is 11.8 Å². The lowest BCUT2D eigenvalue weighted by molar-refractivity contribution is -0.154. The maximum absolute atomic E-state index is 12.6. The Morgan fingerprint density at radius 2 is 1.97 bits per heavy atom. The van der Waals surface area contributed by atoms with Crippen molar-refractivity contribution in [3.63, 3.8) is 0 Å². The van der Waals surface area contributed by atoms with Crippen molar-refractivity contribution in [2.45, 2.75) is 32.8 Å². The van der Waals surface area contributed by atoms with E-state index in [1.54, 1.807) is 19.1 Å². The molecule has 10 nitrogen and oxygen atoms in total. The Kier molecular flexibility index (Phi) is 9.64. The molecule has 1 amide bonds. The molecular weight excluding hydrogens is 428 g/mol. The summed E-state index contributed by atoms with van der Waals surface area (Å²) >= 11 is 0. The highest BCUT2D eigenvalue weighted by atomic mass is 16.6. The number of nitrogens with one attached hydrogen (secondary N) is 1. The number of pyridine rings is 1. The van der Waals surface area contributed by atoms with Crippen LogP contribution in [0.1, 0.15) is 43.2 Å². The monoisotopic (exact) mass is 454 g/mol. The van der Waals surface area contributed by atoms with Crippen molar-refractivity contribution >= 4 is 23.5 Å². The number of hydrogen-bond donors (Lipinski definition) is 2. The largest absolute Gasteiger partial charge is 0.482 e. The van der Waals surface area contributed by atoms with Gasteiger partial charge >= 0.3 is 11.9 Å². The molecule has 3 N–H and O–H groups in total. The fourth-order valence-electron chi connectivity index (χ4n) is 2.83. The second kappa shape index (κ2) is 12.7. The van der Waals surface area contributed by atoms with Crippen LogP contribution in [-0.2, 0) is 30.3 Å². The lowest BCUT2D eigenvalue weighted by Gasteiger charge is -2.17. The fourth-order valence-corrected chi connectivity index (χ4v) is 2.83. The second-order valence-corrected chi connectivity index (χ2v) is 6.93. The van der Waals surface area contributed by atoms with Gasteiger partial charge in [-0.05, 0) is 43.5 Å². The Bertz CT molecular complexity index is 1020. The molecule has 1 unspecified atom stereocenters. The van der Waals surface area contributed by atoms with Crippen LogP contribution in [0, 0.1) is 11.3 Å². The number of carbonyl (C=O) groups excluding carboxylic acids is 3. The number of rotatable bonds is 11. The molecule has 2 rings (SSSR count). The van der Waals surface area contributed by atoms with Crippen molar-refractivity contribution in [1.29, 1.82) is 5.26 Å². The van der Waals surface area contributed by atoms with Gasteiger partial charge in [-0.3, -0.25) is 14.6 Å². The van der Waals surface area contributed by atoms with E-state index in [1.807, 2.05) is 18.2 Å². The van der Waals surface area contributed by atoms with Gasteiger partial charge in [-0.2, -0.15) is 5.26 Å². The van der Waals surface area contributed by atoms with Gasteiger partial charge in [0.05, 0.1) is 29.7 Å². The van der Waals surface area contributed by atoms with Crippen LogP contribution < -0.4 is 15.8 Å². The summed E-state index contributed by atoms with van der Waals surface area (Å²) in [5.41, 5.74) is 7.10. The SMILES string of the molecule is CCOC(=O)COc1ccc(CCCNC(=O)C(OC(C)=O)c2cc(C#N)c(N)cn2)cc1. The molecule has 0 fully saturated rings. The third kappa shape index (κ3) is 8.14. The number of esters is 2. The van der Waals surface area contributed by atoms with Crippen LogP contribution in [0.2, 0.25) is 0 Å². The molecule has 10 heteroatoms. The zero-order chi connectivity index (χ0) is 24.2. The molecule has 1 heterocycles. The van der Waals surface area contributed by atoms with Gasteiger partial charge in [-0.25, -0.2) is 4.79 Å². The summed E-state index contributed by atoms with van der Waals surface area (Å²) in [7, 11) is 0. The lowest BCUT2D eigenvalue weighted by atomic mass is 10.1. The molecule has 174 valence electrons. The Balaban J connectivity index is 1.86. The Morgan fingerprint density at radius 3 is 2.61 bits per heavy atom. The average Bonchev–Trinajstić information content (AvgIpc) is 2.80. The maximum Gasteiger partial charge on any atom is 0.344 e. The normalized spacial score (nSPS) is 11.1. The molecule has 0 saturated heterocycles. The lowest BCUT2D eigenvalue weighted by Crippen LogP contribution is -2.33. The Morgan fingerprint density at radius 1 is 1.24 bits per heavy atom. The minimum absolute atomic E-state index is 0.117. The van der Waals surface area contributed by atoms with Crippen LogP contribution in [0.4, 0.5) is 5.69 Å². The number of hydrogen-bond acceptors (Lipinski definition) is 9. The third-order valence-corrected chi connectivity index (χ3v) is 4.39. The predicted octanol–water partition coefficient (Wildman–Crippen LogP) is 1.83. The van der Waals surface area contributed by atoms with Crippen molar-refractivity contribution in [2.24, 2.45) is 0 Å². The van der Waals surface area contributed by atoms with E-state index in [4.69, 9.17) is 25.2 Å². The second-order valence-electron chi connectivity index (χ2n) is 6.93. The van der Waals surface area contributed by atoms with E-state index in [0.29, 0.717) is 31.7 Å². The highest BCUT2D eigenvalue weighted by molar-refractivity contribution is 5.84. The first-order valence-corrected chi connectivity index (χ1v) is 10.3. The molecular formula is C23H26N4O6. The average molecular weight is 454 g/mol. The molecule has 1 atom stereocenters. The highest BCUT2D eigenvalue weighted by Gasteiger charge is 2.25. The van der Waals surface area contributed by atoms with Gasteiger partial charge in [-0.15, -0.1) is 0 Å². The van der Waals surface area contributed by atoms with Gasteiger partial charge in [-0.1, -0.05) is 12.1 Å². The summed E-state index contributed by atoms with van der Waals surface area (Å²) in [5, 5.41) is 11.8. The molecule has 0 spiro atoms. The number of benzene rings is 1. The van der Waals surface area contributed by atoms with Crippen molar-refractivity contribution in [3.8, 4) is 11.8 Å². The van der Waals surface area contributed by atoms with Crippen LogP contribution in [0.25, 0.3) is 0 Å². The van der Waals surface area contributed by atoms with Gasteiger partial charge in [0.25, 0.3) is 5.91 Å². The van der Waals surface area contributed by atoms with E-state index >= 15 is 0 Å². The summed E-state index contributed by atoms with van der Waals surface area (Å²) in [4.78, 5) is 39.4. The molecule has 0 aliphatic heterocycles. The predicted molar refractivity (Wildman–Crippen MR) is 118 cm³/mol. The van der Waals surface area contributed by atoms with Crippen LogP contribution in [-0.4, -0.2) is 42.6 Å². The zero-order valence-corrected chi connectivity index (χ0v) is 18.5. The van der Waals surface area contributed by atoms with Crippen LogP contribution in [0.5, 0.6) is 5.75 Å².